The summed E-state index contributed by atoms with van der Waals surface area (Å²) in [4.78, 5) is 12.3. The summed E-state index contributed by atoms with van der Waals surface area (Å²) < 4.78 is 1.85. The van der Waals surface area contributed by atoms with Crippen LogP contribution in [0, 0.1) is 0 Å². The van der Waals surface area contributed by atoms with Crippen LogP contribution in [-0.4, -0.2) is 22.7 Å². The molecule has 3 rings (SSSR count). The van der Waals surface area contributed by atoms with E-state index in [1.54, 1.807) is 11.2 Å². The molecule has 0 unspecified atom stereocenters. The molecule has 23 heavy (non-hydrogen) atoms. The van der Waals surface area contributed by atoms with Gasteiger partial charge < -0.3 is 0 Å². The number of rotatable bonds is 5. The van der Waals surface area contributed by atoms with Gasteiger partial charge in [-0.15, -0.1) is 0 Å². The number of nitrogens with zero attached hydrogens (tertiary/aromatic N) is 3. The number of amides is 1. The van der Waals surface area contributed by atoms with E-state index in [0.717, 1.165) is 11.3 Å². The van der Waals surface area contributed by atoms with Crippen LogP contribution < -0.4 is 10.4 Å². The molecule has 5 nitrogen and oxygen atoms in total. The largest absolute Gasteiger partial charge is 0.288 e. The number of hydrogen-bond donors (Lipinski definition) is 1. The lowest BCUT2D eigenvalue weighted by atomic mass is 10.1. The summed E-state index contributed by atoms with van der Waals surface area (Å²) in [7, 11) is 1.82. The fourth-order valence-electron chi connectivity index (χ4n) is 2.28. The molecule has 0 aliphatic heterocycles. The Morgan fingerprint density at radius 3 is 2.48 bits per heavy atom. The van der Waals surface area contributed by atoms with Crippen molar-refractivity contribution >= 4 is 11.6 Å². The van der Waals surface area contributed by atoms with Gasteiger partial charge in [0.2, 0.25) is 0 Å². The van der Waals surface area contributed by atoms with Crippen LogP contribution in [0.3, 0.4) is 0 Å². The smallest absolute Gasteiger partial charge is 0.269 e. The van der Waals surface area contributed by atoms with Crippen molar-refractivity contribution in [3.8, 4) is 0 Å². The Hall–Kier alpha value is -3.08. The van der Waals surface area contributed by atoms with Crippen LogP contribution in [-0.2, 0) is 6.54 Å². The lowest BCUT2D eigenvalue weighted by molar-refractivity contribution is 0.0951. The van der Waals surface area contributed by atoms with E-state index in [1.807, 2.05) is 78.6 Å². The maximum absolute atomic E-state index is 12.3. The van der Waals surface area contributed by atoms with E-state index in [9.17, 15) is 4.79 Å². The molecule has 0 radical (unpaired) electrons. The van der Waals surface area contributed by atoms with Gasteiger partial charge in [-0.25, -0.2) is 0 Å². The molecule has 3 aromatic rings. The van der Waals surface area contributed by atoms with E-state index in [1.165, 1.54) is 0 Å². The van der Waals surface area contributed by atoms with Gasteiger partial charge >= 0.3 is 0 Å². The average Bonchev–Trinajstić information content (AvgIpc) is 3.09. The van der Waals surface area contributed by atoms with Crippen molar-refractivity contribution in [3.05, 3.63) is 84.2 Å². The summed E-state index contributed by atoms with van der Waals surface area (Å²) in [6.07, 6.45) is 3.66. The molecule has 0 spiro atoms. The first-order valence-electron chi connectivity index (χ1n) is 7.38. The van der Waals surface area contributed by atoms with Crippen LogP contribution in [0.1, 0.15) is 15.9 Å². The number of hydrogen-bond acceptors (Lipinski definition) is 3. The molecule has 0 atom stereocenters. The van der Waals surface area contributed by atoms with E-state index >= 15 is 0 Å². The standard InChI is InChI=1S/C18H18N4O/c1-21(17-6-3-2-4-7-17)20-18(23)16-10-8-15(9-11-16)14-22-13-5-12-19-22/h2-13H,14H2,1H3,(H,20,23). The van der Waals surface area contributed by atoms with Gasteiger partial charge in [0.05, 0.1) is 12.2 Å². The van der Waals surface area contributed by atoms with E-state index in [-0.39, 0.29) is 5.91 Å². The van der Waals surface area contributed by atoms with E-state index in [4.69, 9.17) is 0 Å². The lowest BCUT2D eigenvalue weighted by Gasteiger charge is -2.20. The SMILES string of the molecule is CN(NC(=O)c1ccc(Cn2cccn2)cc1)c1ccccc1. The summed E-state index contributed by atoms with van der Waals surface area (Å²) >= 11 is 0. The second-order valence-corrected chi connectivity index (χ2v) is 5.24. The summed E-state index contributed by atoms with van der Waals surface area (Å²) in [6.45, 7) is 0.693. The topological polar surface area (TPSA) is 50.2 Å². The van der Waals surface area contributed by atoms with Gasteiger partial charge in [-0.1, -0.05) is 30.3 Å². The van der Waals surface area contributed by atoms with Crippen LogP contribution >= 0.6 is 0 Å². The number of aromatic nitrogens is 2. The zero-order chi connectivity index (χ0) is 16.1. The quantitative estimate of drug-likeness (QED) is 0.737. The molecule has 1 N–H and O–H groups in total. The highest BCUT2D eigenvalue weighted by molar-refractivity contribution is 5.95. The first-order valence-corrected chi connectivity index (χ1v) is 7.38. The fourth-order valence-corrected chi connectivity index (χ4v) is 2.28. The van der Waals surface area contributed by atoms with Crippen molar-refractivity contribution < 1.29 is 4.79 Å². The Morgan fingerprint density at radius 1 is 1.09 bits per heavy atom. The Kier molecular flexibility index (Phi) is 4.38. The minimum Gasteiger partial charge on any atom is -0.288 e. The third-order valence-electron chi connectivity index (χ3n) is 3.53. The maximum Gasteiger partial charge on any atom is 0.269 e. The highest BCUT2D eigenvalue weighted by Gasteiger charge is 2.08. The maximum atomic E-state index is 12.3. The molecular formula is C18H18N4O. The Labute approximate surface area is 135 Å². The molecule has 5 heteroatoms. The molecule has 0 fully saturated rings. The molecule has 1 heterocycles. The minimum absolute atomic E-state index is 0.137. The zero-order valence-corrected chi connectivity index (χ0v) is 12.9. The number of benzene rings is 2. The summed E-state index contributed by atoms with van der Waals surface area (Å²) in [5, 5.41) is 5.88. The van der Waals surface area contributed by atoms with Crippen molar-refractivity contribution in [2.24, 2.45) is 0 Å². The first-order chi connectivity index (χ1) is 11.2. The highest BCUT2D eigenvalue weighted by Crippen LogP contribution is 2.10. The molecule has 0 aliphatic rings. The Bertz CT molecular complexity index is 751. The molecule has 0 bridgehead atoms. The van der Waals surface area contributed by atoms with Gasteiger partial charge in [0.25, 0.3) is 5.91 Å². The molecule has 116 valence electrons. The van der Waals surface area contributed by atoms with Gasteiger partial charge in [0, 0.05) is 25.0 Å². The second-order valence-electron chi connectivity index (χ2n) is 5.24. The summed E-state index contributed by atoms with van der Waals surface area (Å²) in [6, 6.07) is 19.1. The van der Waals surface area contributed by atoms with Crippen molar-refractivity contribution in [1.29, 1.82) is 0 Å². The van der Waals surface area contributed by atoms with Crippen molar-refractivity contribution in [2.45, 2.75) is 6.54 Å². The average molecular weight is 306 g/mol. The minimum atomic E-state index is -0.137. The van der Waals surface area contributed by atoms with Crippen LogP contribution in [0.15, 0.2) is 73.1 Å². The molecule has 2 aromatic carbocycles. The normalized spacial score (nSPS) is 10.3. The van der Waals surface area contributed by atoms with Crippen LogP contribution in [0.25, 0.3) is 0 Å². The number of anilines is 1. The monoisotopic (exact) mass is 306 g/mol. The number of carbonyl (C=O) groups is 1. The van der Waals surface area contributed by atoms with Gasteiger partial charge in [0.15, 0.2) is 0 Å². The highest BCUT2D eigenvalue weighted by atomic mass is 16.2. The van der Waals surface area contributed by atoms with E-state index in [0.29, 0.717) is 12.1 Å². The predicted octanol–water partition coefficient (Wildman–Crippen LogP) is 2.71. The second kappa shape index (κ2) is 6.79. The molecule has 1 amide bonds. The van der Waals surface area contributed by atoms with Crippen molar-refractivity contribution in [2.75, 3.05) is 12.1 Å². The lowest BCUT2D eigenvalue weighted by Crippen LogP contribution is -2.39. The van der Waals surface area contributed by atoms with Crippen molar-refractivity contribution in [3.63, 3.8) is 0 Å². The van der Waals surface area contributed by atoms with Gasteiger partial charge in [-0.05, 0) is 35.9 Å². The number of nitrogens with one attached hydrogen (secondary N) is 1. The van der Waals surface area contributed by atoms with Gasteiger partial charge in [0.1, 0.15) is 0 Å². The van der Waals surface area contributed by atoms with Crippen LogP contribution in [0.2, 0.25) is 0 Å². The summed E-state index contributed by atoms with van der Waals surface area (Å²) in [5.74, 6) is -0.137. The van der Waals surface area contributed by atoms with Gasteiger partial charge in [-0.2, -0.15) is 5.10 Å². The fraction of sp³-hybridized carbons (Fsp3) is 0.111. The Morgan fingerprint density at radius 2 is 1.83 bits per heavy atom. The molecule has 0 saturated carbocycles. The predicted molar refractivity (Wildman–Crippen MR) is 90.1 cm³/mol. The van der Waals surface area contributed by atoms with E-state index < -0.39 is 0 Å². The van der Waals surface area contributed by atoms with E-state index in [2.05, 4.69) is 10.5 Å². The van der Waals surface area contributed by atoms with Gasteiger partial charge in [-0.3, -0.25) is 19.9 Å². The number of hydrazine groups is 1. The van der Waals surface area contributed by atoms with Crippen molar-refractivity contribution in [1.82, 2.24) is 15.2 Å². The summed E-state index contributed by atoms with van der Waals surface area (Å²) in [5.41, 5.74) is 5.50. The van der Waals surface area contributed by atoms with Crippen LogP contribution in [0.5, 0.6) is 0 Å². The third kappa shape index (κ3) is 3.77. The number of carbonyl (C=O) groups excluding carboxylic acids is 1. The number of para-hydroxylation sites is 1. The third-order valence-corrected chi connectivity index (χ3v) is 3.53. The Balaban J connectivity index is 1.63. The molecule has 0 saturated heterocycles. The zero-order valence-electron chi connectivity index (χ0n) is 12.9. The molecular weight excluding hydrogens is 288 g/mol. The first kappa shape index (κ1) is 14.8. The van der Waals surface area contributed by atoms with Crippen LogP contribution in [0.4, 0.5) is 5.69 Å². The molecule has 0 aliphatic carbocycles. The molecule has 1 aromatic heterocycles.